The van der Waals surface area contributed by atoms with E-state index in [1.54, 1.807) is 0 Å². The topological polar surface area (TPSA) is 113 Å². The van der Waals surface area contributed by atoms with Crippen LogP contribution in [-0.4, -0.2) is 46.3 Å². The van der Waals surface area contributed by atoms with Crippen molar-refractivity contribution in [2.24, 2.45) is 0 Å². The van der Waals surface area contributed by atoms with Crippen molar-refractivity contribution in [3.05, 3.63) is 65.9 Å². The van der Waals surface area contributed by atoms with Gasteiger partial charge in [0.25, 0.3) is 0 Å². The summed E-state index contributed by atoms with van der Waals surface area (Å²) in [6.07, 6.45) is 3.02. The first-order valence-electron chi connectivity index (χ1n) is 10.1. The van der Waals surface area contributed by atoms with Crippen molar-refractivity contribution in [3.63, 3.8) is 0 Å². The first-order valence-corrected chi connectivity index (χ1v) is 10.1. The molecule has 3 aromatic rings. The van der Waals surface area contributed by atoms with Crippen LogP contribution in [0.3, 0.4) is 0 Å². The second-order valence-corrected chi connectivity index (χ2v) is 7.65. The summed E-state index contributed by atoms with van der Waals surface area (Å²) in [4.78, 5) is 18.8. The largest absolute Gasteiger partial charge is 0.390 e. The lowest BCUT2D eigenvalue weighted by molar-refractivity contribution is 0.251. The Morgan fingerprint density at radius 1 is 1.13 bits per heavy atom. The lowest BCUT2D eigenvalue weighted by Crippen LogP contribution is -2.22. The van der Waals surface area contributed by atoms with Crippen molar-refractivity contribution in [1.82, 2.24) is 25.0 Å². The monoisotopic (exact) mass is 418 g/mol. The number of aromatic nitrogens is 3. The molecule has 1 aromatic heterocycles. The highest BCUT2D eigenvalue weighted by molar-refractivity contribution is 5.92. The van der Waals surface area contributed by atoms with Crippen LogP contribution >= 0.6 is 0 Å². The van der Waals surface area contributed by atoms with Crippen LogP contribution < -0.4 is 21.7 Å². The van der Waals surface area contributed by atoms with Crippen LogP contribution in [0.25, 0.3) is 5.57 Å². The second kappa shape index (κ2) is 8.88. The Morgan fingerprint density at radius 3 is 2.48 bits per heavy atom. The summed E-state index contributed by atoms with van der Waals surface area (Å²) in [5, 5.41) is 13.3. The van der Waals surface area contributed by atoms with Gasteiger partial charge in [0.05, 0.1) is 0 Å². The lowest BCUT2D eigenvalue weighted by Gasteiger charge is -2.10. The van der Waals surface area contributed by atoms with Gasteiger partial charge in [-0.1, -0.05) is 24.3 Å². The smallest absolute Gasteiger partial charge is 0.349 e. The fourth-order valence-electron chi connectivity index (χ4n) is 3.36. The molecule has 1 amide bonds. The lowest BCUT2D eigenvalue weighted by atomic mass is 10.1. The van der Waals surface area contributed by atoms with Crippen LogP contribution in [0.15, 0.2) is 54.7 Å². The van der Waals surface area contributed by atoms with Gasteiger partial charge in [0.2, 0.25) is 11.9 Å². The van der Waals surface area contributed by atoms with Gasteiger partial charge in [-0.25, -0.2) is 4.79 Å². The Hall–Kier alpha value is -3.85. The standard InChI is InChI=1S/C22H26N8O/c1-29(2)14-15-3-7-18(8-4-15)25-21-27-20(23)30(28-21)22(31)26-19-9-5-16(6-10-19)17-11-12-24-13-17/h3-10,13,24H,11-12,14H2,1-2H3,(H,26,31)(H3,23,25,27,28). The van der Waals surface area contributed by atoms with E-state index in [2.05, 4.69) is 30.9 Å². The molecule has 0 fully saturated rings. The summed E-state index contributed by atoms with van der Waals surface area (Å²) < 4.78 is 1.04. The maximum absolute atomic E-state index is 12.6. The van der Waals surface area contributed by atoms with E-state index in [1.165, 1.54) is 11.1 Å². The Balaban J connectivity index is 1.40. The summed E-state index contributed by atoms with van der Waals surface area (Å²) in [6.45, 7) is 1.81. The molecule has 0 radical (unpaired) electrons. The first-order chi connectivity index (χ1) is 15.0. The highest BCUT2D eigenvalue weighted by atomic mass is 16.2. The van der Waals surface area contributed by atoms with Gasteiger partial charge in [0, 0.05) is 30.7 Å². The van der Waals surface area contributed by atoms with Crippen LogP contribution in [0.2, 0.25) is 0 Å². The number of carbonyl (C=O) groups is 1. The summed E-state index contributed by atoms with van der Waals surface area (Å²) in [6, 6.07) is 15.1. The van der Waals surface area contributed by atoms with Crippen LogP contribution in [0.5, 0.6) is 0 Å². The highest BCUT2D eigenvalue weighted by Crippen LogP contribution is 2.22. The van der Waals surface area contributed by atoms with E-state index in [4.69, 9.17) is 5.73 Å². The van der Waals surface area contributed by atoms with Gasteiger partial charge in [-0.2, -0.15) is 4.98 Å². The fraction of sp³-hybridized carbons (Fsp3) is 0.227. The van der Waals surface area contributed by atoms with Gasteiger partial charge in [0.15, 0.2) is 0 Å². The minimum Gasteiger partial charge on any atom is -0.390 e. The van der Waals surface area contributed by atoms with E-state index >= 15 is 0 Å². The summed E-state index contributed by atoms with van der Waals surface area (Å²) in [7, 11) is 4.05. The number of carbonyl (C=O) groups excluding carboxylic acids is 1. The van der Waals surface area contributed by atoms with Gasteiger partial charge in [-0.3, -0.25) is 0 Å². The average Bonchev–Trinajstić information content (AvgIpc) is 3.40. The molecule has 31 heavy (non-hydrogen) atoms. The molecule has 9 heteroatoms. The first kappa shape index (κ1) is 20.4. The van der Waals surface area contributed by atoms with Crippen LogP contribution in [-0.2, 0) is 6.54 Å². The van der Waals surface area contributed by atoms with Gasteiger partial charge < -0.3 is 26.6 Å². The van der Waals surface area contributed by atoms with Gasteiger partial charge in [-0.15, -0.1) is 9.78 Å². The normalized spacial score (nSPS) is 13.1. The Labute approximate surface area is 181 Å². The van der Waals surface area contributed by atoms with Gasteiger partial charge in [-0.05, 0) is 61.5 Å². The van der Waals surface area contributed by atoms with E-state index in [0.717, 1.165) is 35.4 Å². The number of nitrogens with one attached hydrogen (secondary N) is 3. The van der Waals surface area contributed by atoms with Crippen molar-refractivity contribution >= 4 is 34.9 Å². The van der Waals surface area contributed by atoms with Crippen molar-refractivity contribution in [2.45, 2.75) is 13.0 Å². The number of anilines is 4. The molecule has 0 unspecified atom stereocenters. The van der Waals surface area contributed by atoms with E-state index in [1.807, 2.05) is 68.8 Å². The second-order valence-electron chi connectivity index (χ2n) is 7.65. The molecule has 0 aliphatic carbocycles. The van der Waals surface area contributed by atoms with Crippen LogP contribution in [0.4, 0.5) is 28.1 Å². The van der Waals surface area contributed by atoms with E-state index in [9.17, 15) is 4.79 Å². The third kappa shape index (κ3) is 5.01. The molecule has 0 saturated heterocycles. The number of nitrogens with two attached hydrogens (primary N) is 1. The van der Waals surface area contributed by atoms with Crippen molar-refractivity contribution in [2.75, 3.05) is 37.0 Å². The predicted octanol–water partition coefficient (Wildman–Crippen LogP) is 3.08. The molecule has 2 heterocycles. The maximum Gasteiger partial charge on any atom is 0.349 e. The van der Waals surface area contributed by atoms with Crippen LogP contribution in [0.1, 0.15) is 17.5 Å². The Kier molecular flexibility index (Phi) is 5.85. The van der Waals surface area contributed by atoms with Crippen LogP contribution in [0, 0.1) is 0 Å². The third-order valence-corrected chi connectivity index (χ3v) is 4.86. The van der Waals surface area contributed by atoms with E-state index in [0.29, 0.717) is 5.69 Å². The molecular weight excluding hydrogens is 392 g/mol. The Morgan fingerprint density at radius 2 is 1.84 bits per heavy atom. The molecule has 160 valence electrons. The molecule has 9 nitrogen and oxygen atoms in total. The molecule has 0 spiro atoms. The molecule has 4 rings (SSSR count). The van der Waals surface area contributed by atoms with Crippen molar-refractivity contribution in [1.29, 1.82) is 0 Å². The van der Waals surface area contributed by atoms with Gasteiger partial charge >= 0.3 is 6.03 Å². The number of hydrogen-bond donors (Lipinski definition) is 4. The minimum absolute atomic E-state index is 0.00281. The maximum atomic E-state index is 12.6. The molecule has 0 saturated carbocycles. The zero-order chi connectivity index (χ0) is 21.8. The summed E-state index contributed by atoms with van der Waals surface area (Å²) in [5.74, 6) is 0.257. The highest BCUT2D eigenvalue weighted by Gasteiger charge is 2.15. The van der Waals surface area contributed by atoms with Gasteiger partial charge in [0.1, 0.15) is 0 Å². The number of amides is 1. The Bertz CT molecular complexity index is 1080. The molecule has 5 N–H and O–H groups in total. The molecule has 0 bridgehead atoms. The number of nitrogens with zero attached hydrogens (tertiary/aromatic N) is 4. The molecule has 2 aromatic carbocycles. The SMILES string of the molecule is CN(C)Cc1ccc(Nc2nc(N)n(C(=O)Nc3ccc(C4=CNCC4)cc3)n2)cc1. The quantitative estimate of drug-likeness (QED) is 0.486. The molecule has 1 aliphatic heterocycles. The average molecular weight is 419 g/mol. The number of nitrogen functional groups attached to an aromatic ring is 1. The zero-order valence-corrected chi connectivity index (χ0v) is 17.6. The van der Waals surface area contributed by atoms with Crippen molar-refractivity contribution in [3.8, 4) is 0 Å². The third-order valence-electron chi connectivity index (χ3n) is 4.86. The minimum atomic E-state index is -0.478. The fourth-order valence-corrected chi connectivity index (χ4v) is 3.36. The van der Waals surface area contributed by atoms with E-state index in [-0.39, 0.29) is 11.9 Å². The number of hydrogen-bond acceptors (Lipinski definition) is 7. The summed E-state index contributed by atoms with van der Waals surface area (Å²) >= 11 is 0. The number of rotatable bonds is 6. The number of benzene rings is 2. The molecule has 0 atom stereocenters. The summed E-state index contributed by atoms with van der Waals surface area (Å²) in [5.41, 5.74) is 10.9. The molecule has 1 aliphatic rings. The van der Waals surface area contributed by atoms with E-state index < -0.39 is 6.03 Å². The molecular formula is C22H26N8O. The zero-order valence-electron chi connectivity index (χ0n) is 17.6. The van der Waals surface area contributed by atoms with Crippen molar-refractivity contribution < 1.29 is 4.79 Å². The predicted molar refractivity (Wildman–Crippen MR) is 123 cm³/mol.